The number of carbonyl (C=O) groups excluding carboxylic acids is 1. The Morgan fingerprint density at radius 3 is 2.55 bits per heavy atom. The van der Waals surface area contributed by atoms with Crippen LogP contribution < -0.4 is 5.32 Å². The molecular weight excluding hydrogens is 288 g/mol. The van der Waals surface area contributed by atoms with Crippen LogP contribution in [-0.4, -0.2) is 10.9 Å². The molecule has 1 N–H and O–H groups in total. The van der Waals surface area contributed by atoms with Crippen LogP contribution in [0.3, 0.4) is 0 Å². The van der Waals surface area contributed by atoms with Gasteiger partial charge in [-0.2, -0.15) is 0 Å². The first-order valence-electron chi connectivity index (χ1n) is 6.47. The summed E-state index contributed by atoms with van der Waals surface area (Å²) in [6.45, 7) is 5.95. The highest BCUT2D eigenvalue weighted by molar-refractivity contribution is 7.80. The van der Waals surface area contributed by atoms with Gasteiger partial charge in [-0.1, -0.05) is 12.1 Å². The molecule has 5 heteroatoms. The second-order valence-corrected chi connectivity index (χ2v) is 6.57. The lowest BCUT2D eigenvalue weighted by Gasteiger charge is -2.13. The first-order valence-corrected chi connectivity index (χ1v) is 7.73. The molecule has 2 rings (SSSR count). The van der Waals surface area contributed by atoms with Gasteiger partial charge in [0.05, 0.1) is 23.2 Å². The number of aromatic nitrogens is 1. The van der Waals surface area contributed by atoms with Crippen molar-refractivity contribution in [2.24, 2.45) is 0 Å². The van der Waals surface area contributed by atoms with E-state index in [2.05, 4.69) is 22.9 Å². The third-order valence-electron chi connectivity index (χ3n) is 3.01. The lowest BCUT2D eigenvalue weighted by atomic mass is 10.1. The molecule has 0 aliphatic carbocycles. The molecule has 106 valence electrons. The van der Waals surface area contributed by atoms with Gasteiger partial charge in [-0.05, 0) is 38.5 Å². The number of benzene rings is 1. The van der Waals surface area contributed by atoms with Crippen LogP contribution in [0.2, 0.25) is 0 Å². The maximum absolute atomic E-state index is 12.1. The molecule has 0 fully saturated rings. The summed E-state index contributed by atoms with van der Waals surface area (Å²) in [5, 5.41) is 4.06. The maximum Gasteiger partial charge on any atom is 0.224 e. The van der Waals surface area contributed by atoms with Crippen LogP contribution in [0.5, 0.6) is 0 Å². The van der Waals surface area contributed by atoms with Crippen molar-refractivity contribution in [1.82, 2.24) is 10.3 Å². The summed E-state index contributed by atoms with van der Waals surface area (Å²) in [7, 11) is 0. The van der Waals surface area contributed by atoms with E-state index < -0.39 is 0 Å². The monoisotopic (exact) mass is 306 g/mol. The number of amides is 1. The van der Waals surface area contributed by atoms with Crippen LogP contribution in [0.15, 0.2) is 29.2 Å². The van der Waals surface area contributed by atoms with Crippen molar-refractivity contribution in [2.75, 3.05) is 0 Å². The molecule has 2 aromatic rings. The Morgan fingerprint density at radius 1 is 1.35 bits per heavy atom. The second-order valence-electron chi connectivity index (χ2n) is 4.81. The average molecular weight is 306 g/mol. The SMILES string of the molecule is Cc1nc(C)c(C(C)NC(=O)Cc2ccc(S)cc2)s1. The van der Waals surface area contributed by atoms with Gasteiger partial charge in [0.25, 0.3) is 0 Å². The van der Waals surface area contributed by atoms with Crippen LogP contribution in [0.25, 0.3) is 0 Å². The van der Waals surface area contributed by atoms with E-state index in [1.165, 1.54) is 0 Å². The fraction of sp³-hybridized carbons (Fsp3) is 0.333. The largest absolute Gasteiger partial charge is 0.348 e. The Labute approximate surface area is 128 Å². The van der Waals surface area contributed by atoms with Gasteiger partial charge >= 0.3 is 0 Å². The number of aryl methyl sites for hydroxylation is 2. The number of hydrogen-bond donors (Lipinski definition) is 2. The average Bonchev–Trinajstić information content (AvgIpc) is 2.71. The van der Waals surface area contributed by atoms with Crippen molar-refractivity contribution in [3.63, 3.8) is 0 Å². The van der Waals surface area contributed by atoms with Crippen LogP contribution in [0, 0.1) is 13.8 Å². The highest BCUT2D eigenvalue weighted by Crippen LogP contribution is 2.24. The minimum Gasteiger partial charge on any atom is -0.348 e. The smallest absolute Gasteiger partial charge is 0.224 e. The third kappa shape index (κ3) is 3.84. The zero-order chi connectivity index (χ0) is 14.7. The van der Waals surface area contributed by atoms with Gasteiger partial charge in [-0.25, -0.2) is 4.98 Å². The van der Waals surface area contributed by atoms with E-state index in [9.17, 15) is 4.79 Å². The van der Waals surface area contributed by atoms with Crippen molar-refractivity contribution in [3.05, 3.63) is 45.4 Å². The molecule has 0 saturated heterocycles. The van der Waals surface area contributed by atoms with E-state index in [4.69, 9.17) is 0 Å². The van der Waals surface area contributed by atoms with Crippen LogP contribution in [-0.2, 0) is 11.2 Å². The Bertz CT molecular complexity index is 605. The predicted octanol–water partition coefficient (Wildman–Crippen LogP) is 3.47. The minimum atomic E-state index is -0.00199. The summed E-state index contributed by atoms with van der Waals surface area (Å²) in [5.74, 6) is 0.0230. The summed E-state index contributed by atoms with van der Waals surface area (Å²) < 4.78 is 0. The van der Waals surface area contributed by atoms with Crippen molar-refractivity contribution in [2.45, 2.75) is 38.1 Å². The molecule has 3 nitrogen and oxygen atoms in total. The highest BCUT2D eigenvalue weighted by atomic mass is 32.1. The van der Waals surface area contributed by atoms with Gasteiger partial charge < -0.3 is 5.32 Å². The lowest BCUT2D eigenvalue weighted by molar-refractivity contribution is -0.121. The van der Waals surface area contributed by atoms with Crippen molar-refractivity contribution < 1.29 is 4.79 Å². The summed E-state index contributed by atoms with van der Waals surface area (Å²) in [6, 6.07) is 7.64. The molecule has 0 spiro atoms. The molecule has 0 aliphatic heterocycles. The number of rotatable bonds is 4. The fourth-order valence-corrected chi connectivity index (χ4v) is 3.19. The van der Waals surface area contributed by atoms with Crippen molar-refractivity contribution in [3.8, 4) is 0 Å². The van der Waals surface area contributed by atoms with Gasteiger partial charge in [-0.15, -0.1) is 24.0 Å². The van der Waals surface area contributed by atoms with E-state index >= 15 is 0 Å². The first kappa shape index (κ1) is 15.1. The third-order valence-corrected chi connectivity index (χ3v) is 4.56. The molecule has 0 aliphatic rings. The Hall–Kier alpha value is -1.33. The summed E-state index contributed by atoms with van der Waals surface area (Å²) in [5.41, 5.74) is 1.99. The second kappa shape index (κ2) is 6.41. The summed E-state index contributed by atoms with van der Waals surface area (Å²) in [4.78, 5) is 18.5. The lowest BCUT2D eigenvalue weighted by Crippen LogP contribution is -2.28. The van der Waals surface area contributed by atoms with Gasteiger partial charge in [-0.3, -0.25) is 4.79 Å². The normalized spacial score (nSPS) is 12.2. The van der Waals surface area contributed by atoms with Crippen molar-refractivity contribution >= 4 is 29.9 Å². The molecule has 1 unspecified atom stereocenters. The number of thiazole rings is 1. The zero-order valence-electron chi connectivity index (χ0n) is 11.8. The van der Waals surface area contributed by atoms with Gasteiger partial charge in [0.15, 0.2) is 0 Å². The first-order chi connectivity index (χ1) is 9.45. The number of hydrogen-bond acceptors (Lipinski definition) is 4. The molecular formula is C15H18N2OS2. The minimum absolute atomic E-state index is 0.00199. The molecule has 1 amide bonds. The van der Waals surface area contributed by atoms with Crippen LogP contribution in [0.4, 0.5) is 0 Å². The Balaban J connectivity index is 1.97. The number of nitrogens with zero attached hydrogens (tertiary/aromatic N) is 1. The standard InChI is InChI=1S/C15H18N2OS2/c1-9-15(20-11(3)16-9)10(2)17-14(18)8-12-4-6-13(19)7-5-12/h4-7,10,19H,8H2,1-3H3,(H,17,18). The van der Waals surface area contributed by atoms with E-state index in [1.807, 2.05) is 45.0 Å². The number of nitrogens with one attached hydrogen (secondary N) is 1. The molecule has 1 atom stereocenters. The molecule has 1 aromatic carbocycles. The van der Waals surface area contributed by atoms with Crippen molar-refractivity contribution in [1.29, 1.82) is 0 Å². The molecule has 0 saturated carbocycles. The molecule has 1 heterocycles. The quantitative estimate of drug-likeness (QED) is 0.849. The van der Waals surface area contributed by atoms with Crippen LogP contribution >= 0.6 is 24.0 Å². The summed E-state index contributed by atoms with van der Waals surface area (Å²) in [6.07, 6.45) is 0.384. The Kier molecular flexibility index (Phi) is 4.83. The Morgan fingerprint density at radius 2 is 2.00 bits per heavy atom. The topological polar surface area (TPSA) is 42.0 Å². The fourth-order valence-electron chi connectivity index (χ4n) is 2.11. The molecule has 20 heavy (non-hydrogen) atoms. The molecule has 1 aromatic heterocycles. The zero-order valence-corrected chi connectivity index (χ0v) is 13.5. The molecule has 0 bridgehead atoms. The molecule has 0 radical (unpaired) electrons. The van der Waals surface area contributed by atoms with E-state index in [0.717, 1.165) is 26.0 Å². The van der Waals surface area contributed by atoms with E-state index in [0.29, 0.717) is 6.42 Å². The number of thiol groups is 1. The predicted molar refractivity (Wildman–Crippen MR) is 85.5 cm³/mol. The maximum atomic E-state index is 12.1. The number of carbonyl (C=O) groups is 1. The summed E-state index contributed by atoms with van der Waals surface area (Å²) >= 11 is 5.87. The van der Waals surface area contributed by atoms with Gasteiger partial charge in [0.2, 0.25) is 5.91 Å². The van der Waals surface area contributed by atoms with Gasteiger partial charge in [0.1, 0.15) is 0 Å². The van der Waals surface area contributed by atoms with Crippen LogP contribution in [0.1, 0.15) is 34.1 Å². The highest BCUT2D eigenvalue weighted by Gasteiger charge is 2.15. The van der Waals surface area contributed by atoms with E-state index in [-0.39, 0.29) is 11.9 Å². The van der Waals surface area contributed by atoms with E-state index in [1.54, 1.807) is 11.3 Å². The van der Waals surface area contributed by atoms with Gasteiger partial charge in [0, 0.05) is 9.77 Å².